The Morgan fingerprint density at radius 2 is 1.83 bits per heavy atom. The summed E-state index contributed by atoms with van der Waals surface area (Å²) in [6.45, 7) is 5.41. The topological polar surface area (TPSA) is 105 Å². The molecule has 3 amide bonds. The van der Waals surface area contributed by atoms with E-state index in [4.69, 9.17) is 20.9 Å². The van der Waals surface area contributed by atoms with Gasteiger partial charge in [-0.15, -0.1) is 0 Å². The Morgan fingerprint density at radius 1 is 1.05 bits per heavy atom. The van der Waals surface area contributed by atoms with Gasteiger partial charge >= 0.3 is 0 Å². The Bertz CT molecular complexity index is 1420. The summed E-state index contributed by atoms with van der Waals surface area (Å²) >= 11 is 6.15. The van der Waals surface area contributed by atoms with Crippen LogP contribution in [-0.4, -0.2) is 72.0 Å². The molecule has 0 radical (unpaired) electrons. The molecular formula is C30H32ClFN4O5. The number of carbonyl (C=O) groups is 3. The number of nitrogens with zero attached hydrogens (tertiary/aromatic N) is 3. The smallest absolute Gasteiger partial charge is 0.276 e. The van der Waals surface area contributed by atoms with Crippen LogP contribution < -0.4 is 10.1 Å². The zero-order chi connectivity index (χ0) is 29.1. The molecule has 9 nitrogen and oxygen atoms in total. The van der Waals surface area contributed by atoms with Crippen molar-refractivity contribution in [1.29, 1.82) is 0 Å². The maximum atomic E-state index is 14.5. The van der Waals surface area contributed by atoms with Gasteiger partial charge in [0.1, 0.15) is 23.9 Å². The van der Waals surface area contributed by atoms with Gasteiger partial charge in [0.15, 0.2) is 5.69 Å². The van der Waals surface area contributed by atoms with E-state index >= 15 is 0 Å². The average Bonchev–Trinajstić information content (AvgIpc) is 3.62. The molecule has 2 aliphatic heterocycles. The first-order chi connectivity index (χ1) is 19.7. The first kappa shape index (κ1) is 28.6. The third-order valence-corrected chi connectivity index (χ3v) is 7.86. The molecule has 41 heavy (non-hydrogen) atoms. The number of fused-ring (bicyclic) bond motifs is 4. The van der Waals surface area contributed by atoms with Crippen molar-refractivity contribution >= 4 is 29.3 Å². The highest BCUT2D eigenvalue weighted by Gasteiger charge is 2.41. The van der Waals surface area contributed by atoms with Crippen LogP contribution in [0.25, 0.3) is 0 Å². The Labute approximate surface area is 242 Å². The second kappa shape index (κ2) is 12.3. The highest BCUT2D eigenvalue weighted by atomic mass is 35.5. The predicted octanol–water partition coefficient (Wildman–Crippen LogP) is 4.49. The van der Waals surface area contributed by atoms with Crippen LogP contribution >= 0.6 is 11.6 Å². The lowest BCUT2D eigenvalue weighted by Gasteiger charge is -2.25. The second-order valence-corrected chi connectivity index (χ2v) is 11.1. The molecule has 0 saturated carbocycles. The van der Waals surface area contributed by atoms with E-state index in [2.05, 4.69) is 10.5 Å². The molecule has 0 unspecified atom stereocenters. The molecule has 2 aliphatic rings. The third kappa shape index (κ3) is 6.22. The molecule has 1 aromatic heterocycles. The van der Waals surface area contributed by atoms with E-state index in [1.54, 1.807) is 17.0 Å². The number of likely N-dealkylation sites (tertiary alicyclic amines) is 1. The predicted molar refractivity (Wildman–Crippen MR) is 150 cm³/mol. The molecule has 0 spiro atoms. The molecule has 2 aromatic carbocycles. The van der Waals surface area contributed by atoms with Crippen LogP contribution in [0.3, 0.4) is 0 Å². The molecule has 2 bridgehead atoms. The normalized spacial score (nSPS) is 19.8. The fraction of sp³-hybridized carbons (Fsp3) is 0.400. The van der Waals surface area contributed by atoms with Gasteiger partial charge in [0.05, 0.1) is 23.0 Å². The number of ether oxygens (including phenoxy) is 1. The number of hydrogen-bond donors (Lipinski definition) is 1. The summed E-state index contributed by atoms with van der Waals surface area (Å²) in [5.41, 5.74) is 0.896. The van der Waals surface area contributed by atoms with Gasteiger partial charge in [0, 0.05) is 44.1 Å². The molecule has 1 fully saturated rings. The van der Waals surface area contributed by atoms with Crippen molar-refractivity contribution < 1.29 is 28.0 Å². The summed E-state index contributed by atoms with van der Waals surface area (Å²) in [5.74, 6) is -1.17. The van der Waals surface area contributed by atoms with Crippen molar-refractivity contribution in [2.24, 2.45) is 5.92 Å². The number of carbonyl (C=O) groups excluding carboxylic acids is 3. The van der Waals surface area contributed by atoms with Crippen LogP contribution in [0.2, 0.25) is 5.02 Å². The van der Waals surface area contributed by atoms with Crippen molar-refractivity contribution in [2.75, 3.05) is 39.3 Å². The SMILES string of the molecule is CC(C)c1cc(C(=O)N2C[C@@H]3C(=O)NCCCN(C(=O)c4c(F)cccc4Cl)CCOc4cccc(c4)[C@H]3C2)no1. The summed E-state index contributed by atoms with van der Waals surface area (Å²) in [5, 5.41) is 6.97. The lowest BCUT2D eigenvalue weighted by Crippen LogP contribution is -2.39. The molecule has 11 heteroatoms. The van der Waals surface area contributed by atoms with Crippen LogP contribution in [0.1, 0.15) is 64.3 Å². The van der Waals surface area contributed by atoms with E-state index in [9.17, 15) is 18.8 Å². The summed E-state index contributed by atoms with van der Waals surface area (Å²) in [6, 6.07) is 13.2. The Morgan fingerprint density at radius 3 is 2.59 bits per heavy atom. The largest absolute Gasteiger partial charge is 0.492 e. The number of amides is 3. The van der Waals surface area contributed by atoms with Gasteiger partial charge in [0.25, 0.3) is 11.8 Å². The lowest BCUT2D eigenvalue weighted by molar-refractivity contribution is -0.124. The Kier molecular flexibility index (Phi) is 8.58. The van der Waals surface area contributed by atoms with Crippen LogP contribution in [0.4, 0.5) is 4.39 Å². The van der Waals surface area contributed by atoms with E-state index in [0.717, 1.165) is 5.56 Å². The molecule has 1 N–H and O–H groups in total. The van der Waals surface area contributed by atoms with Crippen molar-refractivity contribution in [3.8, 4) is 5.75 Å². The van der Waals surface area contributed by atoms with Gasteiger partial charge in [-0.2, -0.15) is 0 Å². The molecule has 2 atom stereocenters. The highest BCUT2D eigenvalue weighted by Crippen LogP contribution is 2.35. The van der Waals surface area contributed by atoms with Crippen LogP contribution in [0, 0.1) is 11.7 Å². The Balaban J connectivity index is 1.36. The first-order valence-electron chi connectivity index (χ1n) is 13.7. The van der Waals surface area contributed by atoms with Crippen LogP contribution in [-0.2, 0) is 4.79 Å². The minimum absolute atomic E-state index is 0.0359. The zero-order valence-electron chi connectivity index (χ0n) is 22.9. The molecule has 5 rings (SSSR count). The van der Waals surface area contributed by atoms with Gasteiger partial charge in [-0.05, 0) is 36.2 Å². The standard InChI is InChI=1S/C30H32ClFN4O5/c1-18(2)26-15-25(34-41-26)29(38)36-16-21-19-6-3-7-20(14-19)40-13-12-35(11-5-10-33-28(37)22(21)17-36)30(39)27-23(31)8-4-9-24(27)32/h3-4,6-9,14-15,18,21-22H,5,10-13,16-17H2,1-2H3,(H,33,37)/t21-,22+/m1/s1. The fourth-order valence-electron chi connectivity index (χ4n) is 5.29. The van der Waals surface area contributed by atoms with Gasteiger partial charge in [-0.3, -0.25) is 14.4 Å². The van der Waals surface area contributed by atoms with Crippen molar-refractivity contribution in [1.82, 2.24) is 20.3 Å². The summed E-state index contributed by atoms with van der Waals surface area (Å²) in [6.07, 6.45) is 0.436. The number of aromatic nitrogens is 1. The minimum atomic E-state index is -0.693. The fourth-order valence-corrected chi connectivity index (χ4v) is 5.54. The summed E-state index contributed by atoms with van der Waals surface area (Å²) < 4.78 is 25.8. The highest BCUT2D eigenvalue weighted by molar-refractivity contribution is 6.33. The monoisotopic (exact) mass is 582 g/mol. The molecule has 1 saturated heterocycles. The number of hydrogen-bond acceptors (Lipinski definition) is 6. The van der Waals surface area contributed by atoms with Gasteiger partial charge < -0.3 is 24.4 Å². The molecule has 3 aromatic rings. The third-order valence-electron chi connectivity index (χ3n) is 7.54. The number of benzene rings is 2. The second-order valence-electron chi connectivity index (χ2n) is 10.6. The van der Waals surface area contributed by atoms with E-state index in [-0.39, 0.29) is 66.2 Å². The van der Waals surface area contributed by atoms with E-state index in [1.807, 2.05) is 32.0 Å². The van der Waals surface area contributed by atoms with Gasteiger partial charge in [-0.1, -0.05) is 48.8 Å². The van der Waals surface area contributed by atoms with Crippen molar-refractivity contribution in [3.63, 3.8) is 0 Å². The van der Waals surface area contributed by atoms with Crippen molar-refractivity contribution in [3.05, 3.63) is 82.0 Å². The van der Waals surface area contributed by atoms with Gasteiger partial charge in [-0.25, -0.2) is 4.39 Å². The summed E-state index contributed by atoms with van der Waals surface area (Å²) in [7, 11) is 0. The number of rotatable bonds is 3. The molecule has 216 valence electrons. The first-order valence-corrected chi connectivity index (χ1v) is 14.1. The van der Waals surface area contributed by atoms with E-state index in [0.29, 0.717) is 31.0 Å². The Hall–Kier alpha value is -3.92. The average molecular weight is 583 g/mol. The quantitative estimate of drug-likeness (QED) is 0.488. The number of nitrogens with one attached hydrogen (secondary N) is 1. The minimum Gasteiger partial charge on any atom is -0.492 e. The molecule has 3 heterocycles. The van der Waals surface area contributed by atoms with Crippen LogP contribution in [0.15, 0.2) is 53.1 Å². The van der Waals surface area contributed by atoms with Crippen molar-refractivity contribution in [2.45, 2.75) is 32.1 Å². The lowest BCUT2D eigenvalue weighted by atomic mass is 9.88. The van der Waals surface area contributed by atoms with E-state index in [1.165, 1.54) is 23.1 Å². The maximum absolute atomic E-state index is 14.5. The summed E-state index contributed by atoms with van der Waals surface area (Å²) in [4.78, 5) is 43.1. The zero-order valence-corrected chi connectivity index (χ0v) is 23.7. The molecular weight excluding hydrogens is 551 g/mol. The van der Waals surface area contributed by atoms with E-state index < -0.39 is 17.6 Å². The van der Waals surface area contributed by atoms with Gasteiger partial charge in [0.2, 0.25) is 5.91 Å². The number of halogens is 2. The molecule has 0 aliphatic carbocycles. The van der Waals surface area contributed by atoms with Crippen LogP contribution in [0.5, 0.6) is 5.75 Å². The maximum Gasteiger partial charge on any atom is 0.276 e.